The van der Waals surface area contributed by atoms with Gasteiger partial charge < -0.3 is 15.4 Å². The van der Waals surface area contributed by atoms with Crippen LogP contribution in [-0.2, 0) is 17.8 Å². The molecule has 0 radical (unpaired) electrons. The molecule has 1 aromatic carbocycles. The summed E-state index contributed by atoms with van der Waals surface area (Å²) in [5, 5.41) is 20.4. The quantitative estimate of drug-likeness (QED) is 0.630. The molecule has 0 aliphatic rings. The summed E-state index contributed by atoms with van der Waals surface area (Å²) in [6.07, 6.45) is 3.42. The van der Waals surface area contributed by atoms with E-state index in [2.05, 4.69) is 20.6 Å². The van der Waals surface area contributed by atoms with E-state index in [9.17, 15) is 14.7 Å². The summed E-state index contributed by atoms with van der Waals surface area (Å²) in [4.78, 5) is 26.8. The molecule has 0 bridgehead atoms. The van der Waals surface area contributed by atoms with Crippen molar-refractivity contribution in [2.45, 2.75) is 25.9 Å². The topological polar surface area (TPSA) is 113 Å². The highest BCUT2D eigenvalue weighted by Crippen LogP contribution is 2.19. The third kappa shape index (κ3) is 3.12. The van der Waals surface area contributed by atoms with Crippen molar-refractivity contribution in [3.63, 3.8) is 0 Å². The minimum Gasteiger partial charge on any atom is -0.480 e. The van der Waals surface area contributed by atoms with Gasteiger partial charge in [-0.15, -0.1) is 5.10 Å². The summed E-state index contributed by atoms with van der Waals surface area (Å²) < 4.78 is 1.50. The number of carboxylic acids is 1. The van der Waals surface area contributed by atoms with Crippen LogP contribution >= 0.6 is 0 Å². The number of nitrogens with zero attached hydrogens (tertiary/aromatic N) is 3. The van der Waals surface area contributed by atoms with Crippen molar-refractivity contribution in [2.24, 2.45) is 0 Å². The van der Waals surface area contributed by atoms with Crippen LogP contribution < -0.4 is 5.32 Å². The second-order valence-corrected chi connectivity index (χ2v) is 5.39. The Labute approximate surface area is 137 Å². The summed E-state index contributed by atoms with van der Waals surface area (Å²) >= 11 is 0. The maximum absolute atomic E-state index is 12.2. The molecule has 24 heavy (non-hydrogen) atoms. The lowest BCUT2D eigenvalue weighted by Crippen LogP contribution is -2.42. The molecule has 3 rings (SSSR count). The van der Waals surface area contributed by atoms with E-state index in [4.69, 9.17) is 0 Å². The third-order valence-corrected chi connectivity index (χ3v) is 3.80. The number of amides is 1. The lowest BCUT2D eigenvalue weighted by molar-refractivity contribution is -0.139. The van der Waals surface area contributed by atoms with Gasteiger partial charge in [-0.3, -0.25) is 9.48 Å². The van der Waals surface area contributed by atoms with E-state index in [-0.39, 0.29) is 12.1 Å². The lowest BCUT2D eigenvalue weighted by atomic mass is 10.0. The highest BCUT2D eigenvalue weighted by molar-refractivity contribution is 5.95. The van der Waals surface area contributed by atoms with Gasteiger partial charge in [0.15, 0.2) is 5.69 Å². The zero-order chi connectivity index (χ0) is 17.1. The first kappa shape index (κ1) is 15.7. The molecule has 1 unspecified atom stereocenters. The van der Waals surface area contributed by atoms with Crippen LogP contribution in [0.3, 0.4) is 0 Å². The number of benzene rings is 1. The number of aromatic nitrogens is 4. The number of aromatic amines is 1. The predicted octanol–water partition coefficient (Wildman–Crippen LogP) is 1.20. The van der Waals surface area contributed by atoms with Crippen LogP contribution in [0.15, 0.2) is 36.7 Å². The number of aliphatic carboxylic acids is 1. The molecule has 8 heteroatoms. The normalized spacial score (nSPS) is 12.2. The molecule has 1 amide bonds. The molecule has 2 aromatic heterocycles. The molecule has 2 heterocycles. The van der Waals surface area contributed by atoms with Crippen LogP contribution in [0.25, 0.3) is 10.9 Å². The first-order valence-electron chi connectivity index (χ1n) is 7.57. The predicted molar refractivity (Wildman–Crippen MR) is 86.6 cm³/mol. The second kappa shape index (κ2) is 6.53. The number of carbonyl (C=O) groups excluding carboxylic acids is 1. The molecule has 0 saturated heterocycles. The molecule has 3 N–H and O–H groups in total. The van der Waals surface area contributed by atoms with Gasteiger partial charge in [0.05, 0.1) is 6.20 Å². The van der Waals surface area contributed by atoms with E-state index in [1.54, 1.807) is 6.20 Å². The molecule has 3 aromatic rings. The van der Waals surface area contributed by atoms with Gasteiger partial charge in [-0.25, -0.2) is 4.79 Å². The summed E-state index contributed by atoms with van der Waals surface area (Å²) in [5.74, 6) is -1.65. The van der Waals surface area contributed by atoms with Gasteiger partial charge in [0.25, 0.3) is 5.91 Å². The number of rotatable bonds is 6. The van der Waals surface area contributed by atoms with Crippen molar-refractivity contribution in [2.75, 3.05) is 0 Å². The van der Waals surface area contributed by atoms with Crippen molar-refractivity contribution in [3.8, 4) is 0 Å². The second-order valence-electron chi connectivity index (χ2n) is 5.39. The Bertz CT molecular complexity index is 883. The van der Waals surface area contributed by atoms with Crippen LogP contribution in [-0.4, -0.2) is 43.0 Å². The van der Waals surface area contributed by atoms with Crippen molar-refractivity contribution in [1.82, 2.24) is 25.3 Å². The summed E-state index contributed by atoms with van der Waals surface area (Å²) in [6, 6.07) is 6.56. The van der Waals surface area contributed by atoms with Crippen LogP contribution in [0.4, 0.5) is 0 Å². The van der Waals surface area contributed by atoms with Crippen LogP contribution in [0.2, 0.25) is 0 Å². The van der Waals surface area contributed by atoms with E-state index < -0.39 is 17.9 Å². The monoisotopic (exact) mass is 327 g/mol. The van der Waals surface area contributed by atoms with Crippen molar-refractivity contribution in [1.29, 1.82) is 0 Å². The number of H-pyrrole nitrogens is 1. The Morgan fingerprint density at radius 1 is 1.38 bits per heavy atom. The smallest absolute Gasteiger partial charge is 0.326 e. The standard InChI is InChI=1S/C16H17N5O3/c1-2-21-9-14(19-20-21)15(22)18-13(16(23)24)7-10-8-17-12-6-4-3-5-11(10)12/h3-6,8-9,13,17H,2,7H2,1H3,(H,18,22)(H,23,24). The Morgan fingerprint density at radius 3 is 2.88 bits per heavy atom. The zero-order valence-electron chi connectivity index (χ0n) is 13.1. The average molecular weight is 327 g/mol. The fourth-order valence-corrected chi connectivity index (χ4v) is 2.51. The fourth-order valence-electron chi connectivity index (χ4n) is 2.51. The average Bonchev–Trinajstić information content (AvgIpc) is 3.21. The molecule has 0 saturated carbocycles. The Morgan fingerprint density at radius 2 is 2.17 bits per heavy atom. The number of hydrogen-bond donors (Lipinski definition) is 3. The van der Waals surface area contributed by atoms with E-state index in [1.807, 2.05) is 31.2 Å². The van der Waals surface area contributed by atoms with Crippen LogP contribution in [0.5, 0.6) is 0 Å². The lowest BCUT2D eigenvalue weighted by Gasteiger charge is -2.13. The number of carboxylic acid groups (broad SMARTS) is 1. The third-order valence-electron chi connectivity index (χ3n) is 3.80. The maximum atomic E-state index is 12.2. The van der Waals surface area contributed by atoms with Gasteiger partial charge in [-0.05, 0) is 18.6 Å². The highest BCUT2D eigenvalue weighted by atomic mass is 16.4. The van der Waals surface area contributed by atoms with E-state index in [0.717, 1.165) is 16.5 Å². The molecule has 0 aliphatic heterocycles. The summed E-state index contributed by atoms with van der Waals surface area (Å²) in [5.41, 5.74) is 1.85. The maximum Gasteiger partial charge on any atom is 0.326 e. The molecular weight excluding hydrogens is 310 g/mol. The number of carbonyl (C=O) groups is 2. The first-order chi connectivity index (χ1) is 11.6. The van der Waals surface area contributed by atoms with Gasteiger partial charge in [0.2, 0.25) is 0 Å². The number of hydrogen-bond acceptors (Lipinski definition) is 4. The van der Waals surface area contributed by atoms with Gasteiger partial charge in [0.1, 0.15) is 6.04 Å². The minimum absolute atomic E-state index is 0.0991. The van der Waals surface area contributed by atoms with Gasteiger partial charge >= 0.3 is 5.97 Å². The molecule has 0 spiro atoms. The number of aryl methyl sites for hydroxylation is 1. The van der Waals surface area contributed by atoms with E-state index in [1.165, 1.54) is 10.9 Å². The first-order valence-corrected chi connectivity index (χ1v) is 7.57. The van der Waals surface area contributed by atoms with Crippen molar-refractivity contribution < 1.29 is 14.7 Å². The van der Waals surface area contributed by atoms with Gasteiger partial charge in [-0.2, -0.15) is 0 Å². The van der Waals surface area contributed by atoms with Crippen molar-refractivity contribution in [3.05, 3.63) is 47.9 Å². The van der Waals surface area contributed by atoms with E-state index >= 15 is 0 Å². The SMILES string of the molecule is CCn1cc(C(=O)NC(Cc2c[nH]c3ccccc23)C(=O)O)nn1. The summed E-state index contributed by atoms with van der Waals surface area (Å²) in [7, 11) is 0. The molecular formula is C16H17N5O3. The molecule has 0 fully saturated rings. The Kier molecular flexibility index (Phi) is 4.28. The van der Waals surface area contributed by atoms with Gasteiger partial charge in [0, 0.05) is 30.1 Å². The number of fused-ring (bicyclic) bond motifs is 1. The van der Waals surface area contributed by atoms with Crippen molar-refractivity contribution >= 4 is 22.8 Å². The largest absolute Gasteiger partial charge is 0.480 e. The van der Waals surface area contributed by atoms with Gasteiger partial charge in [-0.1, -0.05) is 23.4 Å². The highest BCUT2D eigenvalue weighted by Gasteiger charge is 2.23. The van der Waals surface area contributed by atoms with Crippen LogP contribution in [0, 0.1) is 0 Å². The Hall–Kier alpha value is -3.16. The summed E-state index contributed by atoms with van der Waals surface area (Å²) in [6.45, 7) is 2.45. The van der Waals surface area contributed by atoms with E-state index in [0.29, 0.717) is 6.54 Å². The fraction of sp³-hybridized carbons (Fsp3) is 0.250. The molecule has 8 nitrogen and oxygen atoms in total. The Balaban J connectivity index is 1.77. The zero-order valence-corrected chi connectivity index (χ0v) is 13.1. The minimum atomic E-state index is -1.10. The number of nitrogens with one attached hydrogen (secondary N) is 2. The van der Waals surface area contributed by atoms with Crippen LogP contribution in [0.1, 0.15) is 23.0 Å². The molecule has 1 atom stereocenters. The molecule has 0 aliphatic carbocycles. The number of para-hydroxylation sites is 1. The molecule has 124 valence electrons.